The number of imide groups is 1. The largest absolute Gasteiger partial charge is 0.508 e. The summed E-state index contributed by atoms with van der Waals surface area (Å²) in [6.07, 6.45) is 2.97. The summed E-state index contributed by atoms with van der Waals surface area (Å²) in [6, 6.07) is 6.92. The smallest absolute Gasteiger partial charge is 0.275 e. The van der Waals surface area contributed by atoms with Gasteiger partial charge in [0.25, 0.3) is 11.8 Å². The molecule has 4 heterocycles. The standard InChI is InChI=1S/C21H15N5O3S2/c1-10-7-15(28)26(21(10)29)25-19-16-11(2)17(12-3-5-13(27)6-4-12)31-20(16)24-18(23-19)14-8-22-9-30-14/h3-9,27H,1-2H3,(H,23,24,25). The van der Waals surface area contributed by atoms with Crippen LogP contribution in [0.4, 0.5) is 5.82 Å². The van der Waals surface area contributed by atoms with Crippen molar-refractivity contribution in [1.82, 2.24) is 20.0 Å². The van der Waals surface area contributed by atoms with Gasteiger partial charge in [-0.15, -0.1) is 22.7 Å². The van der Waals surface area contributed by atoms with E-state index in [1.807, 2.05) is 19.1 Å². The third-order valence-corrected chi connectivity index (χ3v) is 6.89. The molecular weight excluding hydrogens is 434 g/mol. The third kappa shape index (κ3) is 3.25. The first-order valence-electron chi connectivity index (χ1n) is 9.25. The Morgan fingerprint density at radius 3 is 2.52 bits per heavy atom. The number of hydrazine groups is 1. The number of nitrogens with zero attached hydrogens (tertiary/aromatic N) is 4. The molecule has 10 heteroatoms. The predicted octanol–water partition coefficient (Wildman–Crippen LogP) is 4.14. The average molecular weight is 450 g/mol. The Kier molecular flexibility index (Phi) is 4.53. The van der Waals surface area contributed by atoms with Crippen LogP contribution in [-0.4, -0.2) is 36.9 Å². The summed E-state index contributed by atoms with van der Waals surface area (Å²) in [4.78, 5) is 40.6. The number of aryl methyl sites for hydroxylation is 1. The third-order valence-electron chi connectivity index (χ3n) is 4.89. The fourth-order valence-electron chi connectivity index (χ4n) is 3.34. The van der Waals surface area contributed by atoms with Crippen LogP contribution < -0.4 is 5.43 Å². The molecule has 2 N–H and O–H groups in total. The van der Waals surface area contributed by atoms with Crippen molar-refractivity contribution in [2.45, 2.75) is 13.8 Å². The number of amides is 2. The van der Waals surface area contributed by atoms with Crippen molar-refractivity contribution in [2.24, 2.45) is 0 Å². The molecule has 0 spiro atoms. The molecule has 3 aromatic heterocycles. The maximum Gasteiger partial charge on any atom is 0.275 e. The number of hydrogen-bond acceptors (Lipinski definition) is 9. The highest BCUT2D eigenvalue weighted by molar-refractivity contribution is 7.22. The van der Waals surface area contributed by atoms with Crippen LogP contribution in [0.25, 0.3) is 31.4 Å². The zero-order chi connectivity index (χ0) is 21.7. The molecule has 0 fully saturated rings. The number of thiophene rings is 1. The van der Waals surface area contributed by atoms with Crippen LogP contribution in [0.3, 0.4) is 0 Å². The molecule has 0 atom stereocenters. The first-order chi connectivity index (χ1) is 14.9. The molecule has 154 valence electrons. The van der Waals surface area contributed by atoms with Crippen LogP contribution in [0.2, 0.25) is 0 Å². The van der Waals surface area contributed by atoms with Gasteiger partial charge in [0, 0.05) is 22.7 Å². The zero-order valence-corrected chi connectivity index (χ0v) is 18.0. The van der Waals surface area contributed by atoms with Gasteiger partial charge in [-0.25, -0.2) is 9.97 Å². The lowest BCUT2D eigenvalue weighted by Gasteiger charge is -2.17. The molecule has 8 nitrogen and oxygen atoms in total. The van der Waals surface area contributed by atoms with Crippen molar-refractivity contribution in [3.05, 3.63) is 53.2 Å². The van der Waals surface area contributed by atoms with E-state index in [-0.39, 0.29) is 5.75 Å². The number of nitrogens with one attached hydrogen (secondary N) is 1. The number of phenolic OH excluding ortho intramolecular Hbond substituents is 1. The van der Waals surface area contributed by atoms with Crippen molar-refractivity contribution in [3.8, 4) is 26.9 Å². The van der Waals surface area contributed by atoms with E-state index in [1.54, 1.807) is 30.8 Å². The lowest BCUT2D eigenvalue weighted by molar-refractivity contribution is -0.135. The number of anilines is 1. The van der Waals surface area contributed by atoms with Crippen LogP contribution in [0.15, 0.2) is 47.6 Å². The average Bonchev–Trinajstić information content (AvgIpc) is 3.45. The molecule has 0 saturated carbocycles. The molecular formula is C21H15N5O3S2. The Hall–Kier alpha value is -3.63. The predicted molar refractivity (Wildman–Crippen MR) is 120 cm³/mol. The highest BCUT2D eigenvalue weighted by atomic mass is 32.1. The number of benzene rings is 1. The van der Waals surface area contributed by atoms with Gasteiger partial charge in [0.2, 0.25) is 0 Å². The Bertz CT molecular complexity index is 1370. The number of phenols is 1. The molecule has 31 heavy (non-hydrogen) atoms. The van der Waals surface area contributed by atoms with Crippen molar-refractivity contribution in [2.75, 3.05) is 5.43 Å². The maximum atomic E-state index is 12.4. The van der Waals surface area contributed by atoms with Crippen LogP contribution >= 0.6 is 22.7 Å². The Morgan fingerprint density at radius 2 is 1.87 bits per heavy atom. The molecule has 0 radical (unpaired) electrons. The monoisotopic (exact) mass is 449 g/mol. The summed E-state index contributed by atoms with van der Waals surface area (Å²) in [5.41, 5.74) is 6.80. The van der Waals surface area contributed by atoms with E-state index in [1.165, 1.54) is 28.7 Å². The summed E-state index contributed by atoms with van der Waals surface area (Å²) >= 11 is 2.88. The van der Waals surface area contributed by atoms with E-state index >= 15 is 0 Å². The zero-order valence-electron chi connectivity index (χ0n) is 16.4. The summed E-state index contributed by atoms with van der Waals surface area (Å²) in [6.45, 7) is 3.54. The summed E-state index contributed by atoms with van der Waals surface area (Å²) in [5, 5.41) is 11.3. The molecule has 4 aromatic rings. The normalized spacial score (nSPS) is 13.9. The molecule has 1 aliphatic rings. The van der Waals surface area contributed by atoms with E-state index < -0.39 is 11.8 Å². The molecule has 1 aromatic carbocycles. The number of aromatic hydroxyl groups is 1. The van der Waals surface area contributed by atoms with Crippen LogP contribution in [0.5, 0.6) is 5.75 Å². The fourth-order valence-corrected chi connectivity index (χ4v) is 5.08. The number of aromatic nitrogens is 3. The summed E-state index contributed by atoms with van der Waals surface area (Å²) < 4.78 is 0. The highest BCUT2D eigenvalue weighted by Crippen LogP contribution is 2.41. The molecule has 0 aliphatic carbocycles. The van der Waals surface area contributed by atoms with Gasteiger partial charge in [0.15, 0.2) is 11.6 Å². The van der Waals surface area contributed by atoms with E-state index in [2.05, 4.69) is 15.4 Å². The molecule has 2 amide bonds. The van der Waals surface area contributed by atoms with Gasteiger partial charge < -0.3 is 5.11 Å². The minimum absolute atomic E-state index is 0.186. The number of fused-ring (bicyclic) bond motifs is 1. The first-order valence-corrected chi connectivity index (χ1v) is 10.9. The first kappa shape index (κ1) is 19.3. The number of carbonyl (C=O) groups is 2. The van der Waals surface area contributed by atoms with Crippen LogP contribution in [0.1, 0.15) is 12.5 Å². The molecule has 1 aliphatic heterocycles. The van der Waals surface area contributed by atoms with Gasteiger partial charge in [-0.3, -0.25) is 20.0 Å². The van der Waals surface area contributed by atoms with Gasteiger partial charge in [0.05, 0.1) is 15.8 Å². The summed E-state index contributed by atoms with van der Waals surface area (Å²) in [5.74, 6) is 0.158. The van der Waals surface area contributed by atoms with E-state index in [9.17, 15) is 14.7 Å². The van der Waals surface area contributed by atoms with Gasteiger partial charge in [-0.1, -0.05) is 0 Å². The second kappa shape index (κ2) is 7.25. The molecule has 0 unspecified atom stereocenters. The molecule has 0 bridgehead atoms. The van der Waals surface area contributed by atoms with Crippen LogP contribution in [-0.2, 0) is 9.59 Å². The molecule has 5 rings (SSSR count). The Balaban J connectivity index is 1.69. The number of rotatable bonds is 4. The lowest BCUT2D eigenvalue weighted by atomic mass is 10.1. The number of carbonyl (C=O) groups excluding carboxylic acids is 2. The van der Waals surface area contributed by atoms with Gasteiger partial charge in [0.1, 0.15) is 10.6 Å². The van der Waals surface area contributed by atoms with Gasteiger partial charge in [-0.2, -0.15) is 5.01 Å². The second-order valence-electron chi connectivity index (χ2n) is 6.96. The van der Waals surface area contributed by atoms with E-state index in [0.717, 1.165) is 31.3 Å². The maximum absolute atomic E-state index is 12.4. The fraction of sp³-hybridized carbons (Fsp3) is 0.0952. The van der Waals surface area contributed by atoms with Crippen molar-refractivity contribution < 1.29 is 14.7 Å². The number of hydrogen-bond donors (Lipinski definition) is 2. The van der Waals surface area contributed by atoms with Crippen molar-refractivity contribution in [3.63, 3.8) is 0 Å². The number of thiazole rings is 1. The Labute approximate surface area is 184 Å². The SMILES string of the molecule is CC1=CC(=O)N(Nc2nc(-c3cncs3)nc3sc(-c4ccc(O)cc4)c(C)c23)C1=O. The van der Waals surface area contributed by atoms with Crippen molar-refractivity contribution in [1.29, 1.82) is 0 Å². The topological polar surface area (TPSA) is 108 Å². The minimum atomic E-state index is -0.444. The quantitative estimate of drug-likeness (QED) is 0.451. The van der Waals surface area contributed by atoms with Gasteiger partial charge >= 0.3 is 0 Å². The minimum Gasteiger partial charge on any atom is -0.508 e. The van der Waals surface area contributed by atoms with E-state index in [0.29, 0.717) is 22.0 Å². The highest BCUT2D eigenvalue weighted by Gasteiger charge is 2.30. The Morgan fingerprint density at radius 1 is 1.10 bits per heavy atom. The second-order valence-corrected chi connectivity index (χ2v) is 8.85. The summed E-state index contributed by atoms with van der Waals surface area (Å²) in [7, 11) is 0. The lowest BCUT2D eigenvalue weighted by Crippen LogP contribution is -2.36. The van der Waals surface area contributed by atoms with Gasteiger partial charge in [-0.05, 0) is 49.2 Å². The van der Waals surface area contributed by atoms with Crippen LogP contribution in [0, 0.1) is 6.92 Å². The van der Waals surface area contributed by atoms with E-state index in [4.69, 9.17) is 4.98 Å². The van der Waals surface area contributed by atoms with Crippen molar-refractivity contribution >= 4 is 50.5 Å². The molecule has 0 saturated heterocycles.